The van der Waals surface area contributed by atoms with Gasteiger partial charge in [-0.1, -0.05) is 62.4 Å². The molecular weight excluding hydrogens is 500 g/mol. The van der Waals surface area contributed by atoms with Gasteiger partial charge in [0.2, 0.25) is 0 Å². The molecule has 0 radical (unpaired) electrons. The molecule has 1 unspecified atom stereocenters. The van der Waals surface area contributed by atoms with Crippen molar-refractivity contribution in [1.82, 2.24) is 0 Å². The summed E-state index contributed by atoms with van der Waals surface area (Å²) in [6, 6.07) is 15.8. The van der Waals surface area contributed by atoms with Crippen LogP contribution in [0.25, 0.3) is 11.6 Å². The number of aryl methyl sites for hydroxylation is 2. The van der Waals surface area contributed by atoms with E-state index in [0.29, 0.717) is 6.42 Å². The monoisotopic (exact) mass is 551 g/mol. The third-order valence-corrected chi connectivity index (χ3v) is 10.1. The first-order chi connectivity index (χ1) is 19.9. The van der Waals surface area contributed by atoms with Gasteiger partial charge in [-0.05, 0) is 93.8 Å². The quantitative estimate of drug-likeness (QED) is 0.194. The van der Waals surface area contributed by atoms with Crippen LogP contribution < -0.4 is 4.90 Å². The zero-order chi connectivity index (χ0) is 29.0. The number of hydrogen-bond donors (Lipinski definition) is 0. The van der Waals surface area contributed by atoms with Crippen LogP contribution in [0.15, 0.2) is 54.2 Å². The lowest BCUT2D eigenvalue weighted by molar-refractivity contribution is -0.477. The maximum atomic E-state index is 12.9. The van der Waals surface area contributed by atoms with Crippen molar-refractivity contribution < 1.29 is 9.37 Å². The van der Waals surface area contributed by atoms with Gasteiger partial charge in [0.05, 0.1) is 5.41 Å². The first kappa shape index (κ1) is 29.5. The summed E-state index contributed by atoms with van der Waals surface area (Å²) < 4.78 is 2.64. The van der Waals surface area contributed by atoms with Gasteiger partial charge < -0.3 is 4.90 Å². The standard InChI is InChI=1S/C38H51N2O/c1-6-39(7-2)33-22-19-31(28(3)26-33)21-24-36-38(5,27-29(4)41)37-34-18-11-10-17-32(34)20-23-35(37)40(36)25-13-12-16-30-14-8-9-15-30/h10-11,17-19,21-22,24,26,30H,6-9,12-16,20,23,25,27H2,1-5H3/q+1. The number of benzene rings is 2. The molecule has 1 heterocycles. The van der Waals surface area contributed by atoms with Crippen LogP contribution >= 0.6 is 0 Å². The normalized spacial score (nSPS) is 20.7. The van der Waals surface area contributed by atoms with Gasteiger partial charge in [0.1, 0.15) is 12.3 Å². The molecule has 3 nitrogen and oxygen atoms in total. The Morgan fingerprint density at radius 2 is 1.78 bits per heavy atom. The number of Topliss-reactive ketones (excluding diaryl/α,β-unsaturated/α-hetero) is 1. The number of ketones is 1. The molecule has 1 saturated carbocycles. The zero-order valence-electron chi connectivity index (χ0n) is 26.3. The molecular formula is C38H51N2O+. The number of fused-ring (bicyclic) bond motifs is 2. The second-order valence-corrected chi connectivity index (χ2v) is 12.9. The molecule has 0 spiro atoms. The van der Waals surface area contributed by atoms with Gasteiger partial charge in [-0.15, -0.1) is 0 Å². The van der Waals surface area contributed by atoms with Gasteiger partial charge in [0.25, 0.3) is 0 Å². The van der Waals surface area contributed by atoms with Crippen molar-refractivity contribution in [3.05, 3.63) is 76.5 Å². The van der Waals surface area contributed by atoms with E-state index < -0.39 is 0 Å². The van der Waals surface area contributed by atoms with E-state index >= 15 is 0 Å². The molecule has 2 aliphatic carbocycles. The van der Waals surface area contributed by atoms with Crippen LogP contribution in [0.1, 0.15) is 108 Å². The summed E-state index contributed by atoms with van der Waals surface area (Å²) in [4.78, 5) is 15.3. The van der Waals surface area contributed by atoms with E-state index in [1.54, 1.807) is 6.92 Å². The second-order valence-electron chi connectivity index (χ2n) is 12.9. The first-order valence-electron chi connectivity index (χ1n) is 16.4. The van der Waals surface area contributed by atoms with E-state index in [9.17, 15) is 4.79 Å². The SMILES string of the molecule is CCN(CC)c1ccc(C=CC2=[N+](CCCCC3CCCC3)C3=C(c4ccccc4CC3)C2(C)CC(C)=O)c(C)c1. The fourth-order valence-electron chi connectivity index (χ4n) is 7.98. The average Bonchev–Trinajstić information content (AvgIpc) is 3.55. The molecule has 5 rings (SSSR count). The largest absolute Gasteiger partial charge is 0.372 e. The maximum Gasteiger partial charge on any atom is 0.192 e. The highest BCUT2D eigenvalue weighted by molar-refractivity contribution is 6.11. The molecule has 2 aromatic rings. The zero-order valence-corrected chi connectivity index (χ0v) is 26.3. The Labute approximate surface area is 249 Å². The minimum atomic E-state index is -0.325. The fourth-order valence-corrected chi connectivity index (χ4v) is 7.98. The number of anilines is 1. The van der Waals surface area contributed by atoms with E-state index in [4.69, 9.17) is 0 Å². The number of unbranched alkanes of at least 4 members (excludes halogenated alkanes) is 1. The minimum Gasteiger partial charge on any atom is -0.372 e. The van der Waals surface area contributed by atoms with Gasteiger partial charge in [-0.2, -0.15) is 4.58 Å². The highest BCUT2D eigenvalue weighted by Gasteiger charge is 2.51. The molecule has 0 bridgehead atoms. The summed E-state index contributed by atoms with van der Waals surface area (Å²) in [5.41, 5.74) is 10.5. The van der Waals surface area contributed by atoms with Crippen molar-refractivity contribution >= 4 is 28.8 Å². The van der Waals surface area contributed by atoms with Gasteiger partial charge in [-0.25, -0.2) is 0 Å². The molecule has 0 amide bonds. The summed E-state index contributed by atoms with van der Waals surface area (Å²) in [5, 5.41) is 0. The highest BCUT2D eigenvalue weighted by atomic mass is 16.1. The highest BCUT2D eigenvalue weighted by Crippen LogP contribution is 2.51. The van der Waals surface area contributed by atoms with E-state index in [1.165, 1.54) is 89.9 Å². The predicted molar refractivity (Wildman–Crippen MR) is 175 cm³/mol. The molecule has 218 valence electrons. The smallest absolute Gasteiger partial charge is 0.192 e. The maximum absolute atomic E-state index is 12.9. The van der Waals surface area contributed by atoms with E-state index in [0.717, 1.165) is 38.4 Å². The number of carbonyl (C=O) groups excluding carboxylic acids is 1. The van der Waals surface area contributed by atoms with Crippen molar-refractivity contribution in [2.75, 3.05) is 24.5 Å². The Bertz CT molecular complexity index is 1350. The number of allylic oxidation sites excluding steroid dienone is 3. The third-order valence-electron chi connectivity index (χ3n) is 10.1. The second kappa shape index (κ2) is 12.9. The molecule has 2 aromatic carbocycles. The molecule has 1 fully saturated rings. The van der Waals surface area contributed by atoms with Crippen molar-refractivity contribution in [3.63, 3.8) is 0 Å². The molecule has 1 aliphatic heterocycles. The summed E-state index contributed by atoms with van der Waals surface area (Å²) >= 11 is 0. The topological polar surface area (TPSA) is 23.3 Å². The van der Waals surface area contributed by atoms with Crippen LogP contribution in [0.2, 0.25) is 0 Å². The molecule has 1 atom stereocenters. The molecule has 0 saturated heterocycles. The third kappa shape index (κ3) is 6.15. The summed E-state index contributed by atoms with van der Waals surface area (Å²) in [6.07, 6.45) is 16.9. The number of carbonyl (C=O) groups is 1. The molecule has 0 aromatic heterocycles. The summed E-state index contributed by atoms with van der Waals surface area (Å²) in [5.74, 6) is 1.20. The Kier molecular flexibility index (Phi) is 9.32. The van der Waals surface area contributed by atoms with Gasteiger partial charge >= 0.3 is 0 Å². The lowest BCUT2D eigenvalue weighted by Crippen LogP contribution is -2.31. The average molecular weight is 552 g/mol. The van der Waals surface area contributed by atoms with Crippen molar-refractivity contribution in [2.45, 2.75) is 98.8 Å². The van der Waals surface area contributed by atoms with E-state index in [2.05, 4.69) is 91.8 Å². The van der Waals surface area contributed by atoms with Crippen LogP contribution in [-0.4, -0.2) is 35.7 Å². The Morgan fingerprint density at radius 1 is 1.02 bits per heavy atom. The first-order valence-corrected chi connectivity index (χ1v) is 16.4. The van der Waals surface area contributed by atoms with Gasteiger partial charge in [0, 0.05) is 49.7 Å². The number of rotatable bonds is 12. The molecule has 3 heteroatoms. The lowest BCUT2D eigenvalue weighted by Gasteiger charge is -2.27. The number of hydrogen-bond acceptors (Lipinski definition) is 2. The molecule has 41 heavy (non-hydrogen) atoms. The van der Waals surface area contributed by atoms with Crippen LogP contribution in [0.4, 0.5) is 5.69 Å². The van der Waals surface area contributed by atoms with Crippen LogP contribution in [0.5, 0.6) is 0 Å². The molecule has 0 N–H and O–H groups in total. The van der Waals surface area contributed by atoms with Crippen molar-refractivity contribution in [2.24, 2.45) is 11.3 Å². The van der Waals surface area contributed by atoms with Crippen molar-refractivity contribution in [3.8, 4) is 0 Å². The minimum absolute atomic E-state index is 0.260. The summed E-state index contributed by atoms with van der Waals surface area (Å²) in [6.45, 7) is 13.8. The summed E-state index contributed by atoms with van der Waals surface area (Å²) in [7, 11) is 0. The van der Waals surface area contributed by atoms with Gasteiger partial charge in [-0.3, -0.25) is 4.79 Å². The Hall–Kier alpha value is -2.94. The lowest BCUT2D eigenvalue weighted by atomic mass is 9.69. The van der Waals surface area contributed by atoms with Crippen LogP contribution in [-0.2, 0) is 11.2 Å². The Balaban J connectivity index is 1.52. The van der Waals surface area contributed by atoms with Gasteiger partial charge in [0.15, 0.2) is 11.4 Å². The van der Waals surface area contributed by atoms with Crippen molar-refractivity contribution in [1.29, 1.82) is 0 Å². The van der Waals surface area contributed by atoms with E-state index in [1.807, 2.05) is 0 Å². The van der Waals surface area contributed by atoms with E-state index in [-0.39, 0.29) is 11.2 Å². The van der Waals surface area contributed by atoms with Crippen LogP contribution in [0, 0.1) is 18.3 Å². The Morgan fingerprint density at radius 3 is 2.49 bits per heavy atom. The van der Waals surface area contributed by atoms with Crippen LogP contribution in [0.3, 0.4) is 0 Å². The molecule has 3 aliphatic rings. The predicted octanol–water partition coefficient (Wildman–Crippen LogP) is 9.02. The fraction of sp³-hybridized carbons (Fsp3) is 0.526. The number of nitrogens with zero attached hydrogens (tertiary/aromatic N) is 2.